The highest BCUT2D eigenvalue weighted by molar-refractivity contribution is 8.15. The van der Waals surface area contributed by atoms with Crippen LogP contribution in [0.5, 0.6) is 0 Å². The van der Waals surface area contributed by atoms with Gasteiger partial charge in [-0.15, -0.1) is 0 Å². The summed E-state index contributed by atoms with van der Waals surface area (Å²) < 4.78 is 6.95. The summed E-state index contributed by atoms with van der Waals surface area (Å²) in [6, 6.07) is 0. The van der Waals surface area contributed by atoms with Crippen LogP contribution in [0.2, 0.25) is 0 Å². The molecule has 0 aromatic carbocycles. The van der Waals surface area contributed by atoms with E-state index < -0.39 is 15.6 Å². The zero-order valence-electron chi connectivity index (χ0n) is 4.45. The molecule has 0 saturated carbocycles. The summed E-state index contributed by atoms with van der Waals surface area (Å²) in [4.78, 5) is 0. The summed E-state index contributed by atoms with van der Waals surface area (Å²) in [7, 11) is -1.61. The Morgan fingerprint density at radius 3 is 2.40 bits per heavy atom. The molecular formula is C2H9NP2. The first-order valence-corrected chi connectivity index (χ1v) is 5.60. The molecule has 0 saturated heterocycles. The van der Waals surface area contributed by atoms with E-state index >= 15 is 0 Å². The molecule has 2 atom stereocenters. The first-order valence-electron chi connectivity index (χ1n) is 1.87. The lowest BCUT2D eigenvalue weighted by Gasteiger charge is -1.80. The van der Waals surface area contributed by atoms with Gasteiger partial charge in [0.2, 0.25) is 0 Å². The average molecular weight is 111 g/mol. The summed E-state index contributed by atoms with van der Waals surface area (Å²) in [5.41, 5.74) is 0. The third kappa shape index (κ3) is 4.66. The fraction of sp³-hybridized carbons (Fsp3) is 1.00. The molecule has 0 heterocycles. The summed E-state index contributed by atoms with van der Waals surface area (Å²) in [5, 5.41) is 6.98. The van der Waals surface area contributed by atoms with Crippen molar-refractivity contribution in [2.75, 3.05) is 13.3 Å². The normalized spacial score (nSPS) is 24.0. The van der Waals surface area contributed by atoms with Crippen LogP contribution in [0.1, 0.15) is 0 Å². The molecule has 0 aromatic heterocycles. The van der Waals surface area contributed by atoms with Crippen molar-refractivity contribution in [3.8, 4) is 0 Å². The van der Waals surface area contributed by atoms with Crippen LogP contribution in [0.15, 0.2) is 0 Å². The van der Waals surface area contributed by atoms with E-state index in [1.165, 1.54) is 0 Å². The van der Waals surface area contributed by atoms with Crippen LogP contribution in [-0.4, -0.2) is 14.6 Å². The van der Waals surface area contributed by atoms with Crippen LogP contribution in [0.3, 0.4) is 0 Å². The highest BCUT2D eigenvalue weighted by Gasteiger charge is 1.67. The van der Waals surface area contributed by atoms with Crippen molar-refractivity contribution in [1.82, 2.24) is 0 Å². The minimum Gasteiger partial charge on any atom is -0.318 e. The van der Waals surface area contributed by atoms with Gasteiger partial charge in [-0.25, -0.2) is 0 Å². The fourth-order valence-corrected chi connectivity index (χ4v) is 0. The van der Waals surface area contributed by atoms with Gasteiger partial charge in [0.25, 0.3) is 0 Å². The van der Waals surface area contributed by atoms with Gasteiger partial charge in [-0.3, -0.25) is 0 Å². The molecule has 0 aromatic rings. The standard InChI is InChI=1S/C2H9NP2/c1-4-5(2)3/h3-5H,1-2H3/i4T. The molecule has 3 heteroatoms. The van der Waals surface area contributed by atoms with E-state index in [2.05, 4.69) is 0 Å². The van der Waals surface area contributed by atoms with Crippen molar-refractivity contribution in [3.05, 3.63) is 0 Å². The van der Waals surface area contributed by atoms with Gasteiger partial charge in [-0.05, 0) is 20.7 Å². The molecular weight excluding hydrogens is 100.0 g/mol. The lowest BCUT2D eigenvalue weighted by molar-refractivity contribution is 1.64. The Bertz CT molecular complexity index is 62.6. The van der Waals surface area contributed by atoms with E-state index in [1.54, 1.807) is 0 Å². The quantitative estimate of drug-likeness (QED) is 0.499. The number of hydrogen-bond donors (Lipinski definition) is 1. The Kier molecular flexibility index (Phi) is 2.21. The molecule has 0 aliphatic rings. The lowest BCUT2D eigenvalue weighted by Crippen LogP contribution is -1.27. The van der Waals surface area contributed by atoms with Crippen molar-refractivity contribution in [2.45, 2.75) is 0 Å². The predicted molar refractivity (Wildman–Crippen MR) is 31.2 cm³/mol. The van der Waals surface area contributed by atoms with Crippen molar-refractivity contribution in [2.24, 2.45) is 0 Å². The van der Waals surface area contributed by atoms with Crippen molar-refractivity contribution < 1.29 is 0 Å². The van der Waals surface area contributed by atoms with Crippen LogP contribution in [0.25, 0.3) is 0 Å². The van der Waals surface area contributed by atoms with Crippen molar-refractivity contribution >= 4 is 15.6 Å². The van der Waals surface area contributed by atoms with Gasteiger partial charge in [0.15, 0.2) is 0 Å². The predicted octanol–water partition coefficient (Wildman–Crippen LogP) is 1.82. The van der Waals surface area contributed by atoms with Gasteiger partial charge in [0, 0.05) is 0 Å². The minimum atomic E-state index is -0.970. The molecule has 0 rings (SSSR count). The summed E-state index contributed by atoms with van der Waals surface area (Å²) in [5.74, 6) is 0. The average Bonchev–Trinajstić information content (AvgIpc) is 1.36. The maximum atomic E-state index is 6.98. The van der Waals surface area contributed by atoms with Crippen molar-refractivity contribution in [1.29, 1.82) is 6.44 Å². The van der Waals surface area contributed by atoms with Crippen LogP contribution in [0.4, 0.5) is 0 Å². The zero-order valence-corrected chi connectivity index (χ0v) is 5.34. The minimum absolute atomic E-state index is 0.641. The smallest absolute Gasteiger partial charge is 0.0637 e. The van der Waals surface area contributed by atoms with Crippen LogP contribution < -0.4 is 0 Å². The topological polar surface area (TPSA) is 23.9 Å². The Balaban J connectivity index is 3.26. The van der Waals surface area contributed by atoms with E-state index in [0.29, 0.717) is 0 Å². The molecule has 0 radical (unpaired) electrons. The SMILES string of the molecule is [3H]P(C)[PH](C)=N. The molecule has 0 fully saturated rings. The number of rotatable bonds is 1. The summed E-state index contributed by atoms with van der Waals surface area (Å²) in [6.07, 6.45) is 0. The van der Waals surface area contributed by atoms with Gasteiger partial charge in [0.1, 0.15) is 0 Å². The molecule has 0 aliphatic heterocycles. The van der Waals surface area contributed by atoms with E-state index in [0.717, 1.165) is 0 Å². The Hall–Kier alpha value is 0.660. The lowest BCUT2D eigenvalue weighted by atomic mass is 12.0. The van der Waals surface area contributed by atoms with Gasteiger partial charge < -0.3 is 5.16 Å². The largest absolute Gasteiger partial charge is 0.318 e. The fourth-order valence-electron chi connectivity index (χ4n) is 0. The molecule has 1 N–H and O–H groups in total. The molecule has 32 valence electrons. The second kappa shape index (κ2) is 2.87. The van der Waals surface area contributed by atoms with Crippen LogP contribution in [0, 0.1) is 5.16 Å². The van der Waals surface area contributed by atoms with E-state index in [9.17, 15) is 0 Å². The van der Waals surface area contributed by atoms with Gasteiger partial charge >= 0.3 is 0 Å². The first-order chi connectivity index (χ1) is 2.64. The first kappa shape index (κ1) is 3.84. The number of hydrogen-bond acceptors (Lipinski definition) is 1. The van der Waals surface area contributed by atoms with E-state index in [-0.39, 0.29) is 0 Å². The molecule has 5 heavy (non-hydrogen) atoms. The van der Waals surface area contributed by atoms with Crippen molar-refractivity contribution in [3.63, 3.8) is 0 Å². The molecule has 0 amide bonds. The monoisotopic (exact) mass is 111 g/mol. The van der Waals surface area contributed by atoms with Gasteiger partial charge in [0.05, 0.1) is 1.28 Å². The molecule has 0 bridgehead atoms. The number of nitrogens with one attached hydrogen (secondary N) is 1. The second-order valence-electron chi connectivity index (χ2n) is 0.809. The Morgan fingerprint density at radius 1 is 2.20 bits per heavy atom. The van der Waals surface area contributed by atoms with Crippen LogP contribution in [-0.2, 0) is 0 Å². The van der Waals surface area contributed by atoms with Gasteiger partial charge in [-0.1, -0.05) is 8.21 Å². The third-order valence-corrected chi connectivity index (χ3v) is 3.02. The van der Waals surface area contributed by atoms with E-state index in [1.807, 2.05) is 13.3 Å². The highest BCUT2D eigenvalue weighted by atomic mass is 32.0. The molecule has 0 aliphatic carbocycles. The molecule has 0 spiro atoms. The molecule has 2 unspecified atom stereocenters. The zero-order chi connectivity index (χ0) is 5.15. The summed E-state index contributed by atoms with van der Waals surface area (Å²) >= 11 is 0. The van der Waals surface area contributed by atoms with Crippen LogP contribution >= 0.6 is 15.6 Å². The molecule has 1 nitrogen and oxygen atoms in total. The Labute approximate surface area is 36.4 Å². The second-order valence-corrected chi connectivity index (χ2v) is 5.78. The third-order valence-electron chi connectivity index (χ3n) is 0.335. The maximum absolute atomic E-state index is 6.98. The Morgan fingerprint density at radius 2 is 2.40 bits per heavy atom. The van der Waals surface area contributed by atoms with E-state index in [4.69, 9.17) is 6.44 Å². The highest BCUT2D eigenvalue weighted by Crippen LogP contribution is 2.37. The summed E-state index contributed by atoms with van der Waals surface area (Å²) in [6.45, 7) is 3.68. The van der Waals surface area contributed by atoms with Gasteiger partial charge in [-0.2, -0.15) is 0 Å². The maximum Gasteiger partial charge on any atom is 0.0637 e.